The van der Waals surface area contributed by atoms with E-state index in [9.17, 15) is 9.59 Å². The van der Waals surface area contributed by atoms with Gasteiger partial charge in [0.2, 0.25) is 5.91 Å². The highest BCUT2D eigenvalue weighted by Gasteiger charge is 2.20. The van der Waals surface area contributed by atoms with Crippen LogP contribution < -0.4 is 10.6 Å². The molecule has 0 saturated heterocycles. The lowest BCUT2D eigenvalue weighted by molar-refractivity contribution is -0.115. The van der Waals surface area contributed by atoms with Gasteiger partial charge in [-0.25, -0.2) is 4.79 Å². The van der Waals surface area contributed by atoms with E-state index in [0.717, 1.165) is 10.4 Å². The second kappa shape index (κ2) is 9.50. The highest BCUT2D eigenvalue weighted by Crippen LogP contribution is 2.33. The lowest BCUT2D eigenvalue weighted by atomic mass is 10.1. The summed E-state index contributed by atoms with van der Waals surface area (Å²) in [4.78, 5) is 25.5. The largest absolute Gasteiger partial charge is 0.462 e. The fourth-order valence-electron chi connectivity index (χ4n) is 2.42. The van der Waals surface area contributed by atoms with Crippen molar-refractivity contribution in [2.45, 2.75) is 39.7 Å². The molecule has 2 rings (SSSR count). The molecule has 1 heterocycles. The van der Waals surface area contributed by atoms with Gasteiger partial charge in [0.15, 0.2) is 0 Å². The molecule has 26 heavy (non-hydrogen) atoms. The van der Waals surface area contributed by atoms with E-state index in [1.165, 1.54) is 11.3 Å². The Morgan fingerprint density at radius 3 is 2.46 bits per heavy atom. The lowest BCUT2D eigenvalue weighted by Crippen LogP contribution is -2.30. The molecule has 2 N–H and O–H groups in total. The van der Waals surface area contributed by atoms with Crippen LogP contribution in [0, 0.1) is 0 Å². The highest BCUT2D eigenvalue weighted by molar-refractivity contribution is 7.16. The van der Waals surface area contributed by atoms with Crippen molar-refractivity contribution in [2.75, 3.05) is 18.5 Å². The second-order valence-corrected chi connectivity index (χ2v) is 7.41. The highest BCUT2D eigenvalue weighted by atomic mass is 32.1. The minimum Gasteiger partial charge on any atom is -0.462 e. The molecule has 0 fully saturated rings. The molecule has 0 aliphatic carbocycles. The standard InChI is InChI=1S/C20H26N2O3S/c1-5-25-20(24)16-11-17(13(2)3)26-19(16)22-18(23)12-21-14(4)15-9-7-6-8-10-15/h6-11,13-14,21H,5,12H2,1-4H3,(H,22,23)/t14-/m1/s1. The summed E-state index contributed by atoms with van der Waals surface area (Å²) in [5.41, 5.74) is 1.54. The number of nitrogens with one attached hydrogen (secondary N) is 2. The molecule has 1 aromatic heterocycles. The number of anilines is 1. The van der Waals surface area contributed by atoms with E-state index in [1.54, 1.807) is 6.92 Å². The Bertz CT molecular complexity index is 741. The fourth-order valence-corrected chi connectivity index (χ4v) is 3.49. The van der Waals surface area contributed by atoms with Crippen LogP contribution in [0.1, 0.15) is 60.5 Å². The van der Waals surface area contributed by atoms with Crippen LogP contribution in [0.2, 0.25) is 0 Å². The average Bonchev–Trinajstić information content (AvgIpc) is 3.05. The number of thiophene rings is 1. The Balaban J connectivity index is 2.02. The maximum absolute atomic E-state index is 12.3. The van der Waals surface area contributed by atoms with Crippen LogP contribution in [0.25, 0.3) is 0 Å². The average molecular weight is 375 g/mol. The van der Waals surface area contributed by atoms with E-state index in [2.05, 4.69) is 24.5 Å². The first kappa shape index (κ1) is 20.1. The third-order valence-electron chi connectivity index (χ3n) is 3.94. The van der Waals surface area contributed by atoms with Gasteiger partial charge in [0.1, 0.15) is 5.00 Å². The molecule has 5 nitrogen and oxygen atoms in total. The number of amides is 1. The van der Waals surface area contributed by atoms with Crippen LogP contribution >= 0.6 is 11.3 Å². The molecule has 0 aliphatic rings. The molecule has 1 amide bonds. The van der Waals surface area contributed by atoms with Gasteiger partial charge in [-0.2, -0.15) is 0 Å². The van der Waals surface area contributed by atoms with Crippen molar-refractivity contribution in [1.82, 2.24) is 5.32 Å². The van der Waals surface area contributed by atoms with Gasteiger partial charge in [0.25, 0.3) is 0 Å². The summed E-state index contributed by atoms with van der Waals surface area (Å²) in [6.45, 7) is 8.34. The van der Waals surface area contributed by atoms with Gasteiger partial charge in [-0.3, -0.25) is 4.79 Å². The minimum absolute atomic E-state index is 0.0565. The summed E-state index contributed by atoms with van der Waals surface area (Å²) in [6.07, 6.45) is 0. The van der Waals surface area contributed by atoms with Crippen molar-refractivity contribution in [3.8, 4) is 0 Å². The Morgan fingerprint density at radius 1 is 1.15 bits per heavy atom. The van der Waals surface area contributed by atoms with E-state index in [-0.39, 0.29) is 24.4 Å². The van der Waals surface area contributed by atoms with Gasteiger partial charge >= 0.3 is 5.97 Å². The Morgan fingerprint density at radius 2 is 1.85 bits per heavy atom. The number of rotatable bonds is 8. The molecule has 1 aromatic carbocycles. The van der Waals surface area contributed by atoms with Crippen molar-refractivity contribution in [1.29, 1.82) is 0 Å². The maximum atomic E-state index is 12.3. The SMILES string of the molecule is CCOC(=O)c1cc(C(C)C)sc1NC(=O)CN[C@H](C)c1ccccc1. The zero-order valence-electron chi connectivity index (χ0n) is 15.7. The molecule has 2 aromatic rings. The monoisotopic (exact) mass is 374 g/mol. The van der Waals surface area contributed by atoms with E-state index in [1.807, 2.05) is 43.3 Å². The first-order chi connectivity index (χ1) is 12.4. The summed E-state index contributed by atoms with van der Waals surface area (Å²) < 4.78 is 5.10. The van der Waals surface area contributed by atoms with E-state index < -0.39 is 5.97 Å². The zero-order chi connectivity index (χ0) is 19.1. The number of ether oxygens (including phenoxy) is 1. The molecule has 0 bridgehead atoms. The normalized spacial score (nSPS) is 12.0. The van der Waals surface area contributed by atoms with Crippen LogP contribution in [-0.4, -0.2) is 25.0 Å². The predicted octanol–water partition coefficient (Wildman–Crippen LogP) is 4.34. The van der Waals surface area contributed by atoms with Crippen LogP contribution in [0.3, 0.4) is 0 Å². The second-order valence-electron chi connectivity index (χ2n) is 6.33. The molecule has 1 atom stereocenters. The van der Waals surface area contributed by atoms with Gasteiger partial charge in [0.05, 0.1) is 18.7 Å². The first-order valence-electron chi connectivity index (χ1n) is 8.81. The summed E-state index contributed by atoms with van der Waals surface area (Å²) >= 11 is 1.42. The Labute approximate surface area is 158 Å². The first-order valence-corrected chi connectivity index (χ1v) is 9.63. The van der Waals surface area contributed by atoms with Gasteiger partial charge in [0, 0.05) is 10.9 Å². The van der Waals surface area contributed by atoms with Crippen LogP contribution in [0.5, 0.6) is 0 Å². The van der Waals surface area contributed by atoms with E-state index in [4.69, 9.17) is 4.74 Å². The lowest BCUT2D eigenvalue weighted by Gasteiger charge is -2.14. The van der Waals surface area contributed by atoms with Crippen molar-refractivity contribution in [3.63, 3.8) is 0 Å². The molecule has 0 saturated carbocycles. The topological polar surface area (TPSA) is 67.4 Å². The summed E-state index contributed by atoms with van der Waals surface area (Å²) in [7, 11) is 0. The van der Waals surface area contributed by atoms with Gasteiger partial charge in [-0.05, 0) is 31.4 Å². The molecule has 0 radical (unpaired) electrons. The summed E-state index contributed by atoms with van der Waals surface area (Å²) in [5.74, 6) is -0.317. The quantitative estimate of drug-likeness (QED) is 0.675. The Hall–Kier alpha value is -2.18. The molecule has 0 spiro atoms. The van der Waals surface area contributed by atoms with Crippen LogP contribution in [-0.2, 0) is 9.53 Å². The zero-order valence-corrected chi connectivity index (χ0v) is 16.5. The molecule has 0 aliphatic heterocycles. The third kappa shape index (κ3) is 5.41. The molecule has 0 unspecified atom stereocenters. The summed E-state index contributed by atoms with van der Waals surface area (Å²) in [5, 5.41) is 6.59. The maximum Gasteiger partial charge on any atom is 0.341 e. The third-order valence-corrected chi connectivity index (χ3v) is 5.29. The van der Waals surface area contributed by atoms with Crippen molar-refractivity contribution in [2.24, 2.45) is 0 Å². The number of carbonyl (C=O) groups excluding carboxylic acids is 2. The van der Waals surface area contributed by atoms with Gasteiger partial charge in [-0.15, -0.1) is 11.3 Å². The summed E-state index contributed by atoms with van der Waals surface area (Å²) in [6, 6.07) is 11.8. The Kier molecular flexibility index (Phi) is 7.36. The molecule has 140 valence electrons. The van der Waals surface area contributed by atoms with Crippen molar-refractivity contribution in [3.05, 3.63) is 52.4 Å². The van der Waals surface area contributed by atoms with E-state index in [0.29, 0.717) is 17.2 Å². The van der Waals surface area contributed by atoms with Crippen LogP contribution in [0.4, 0.5) is 5.00 Å². The number of carbonyl (C=O) groups is 2. The smallest absolute Gasteiger partial charge is 0.341 e. The van der Waals surface area contributed by atoms with Gasteiger partial charge < -0.3 is 15.4 Å². The minimum atomic E-state index is -0.406. The number of hydrogen-bond acceptors (Lipinski definition) is 5. The fraction of sp³-hybridized carbons (Fsp3) is 0.400. The molecular weight excluding hydrogens is 348 g/mol. The molecule has 6 heteroatoms. The number of esters is 1. The number of benzene rings is 1. The van der Waals surface area contributed by atoms with E-state index >= 15 is 0 Å². The van der Waals surface area contributed by atoms with Gasteiger partial charge in [-0.1, -0.05) is 44.2 Å². The molecular formula is C20H26N2O3S. The van der Waals surface area contributed by atoms with Crippen molar-refractivity contribution < 1.29 is 14.3 Å². The predicted molar refractivity (Wildman–Crippen MR) is 106 cm³/mol. The number of hydrogen-bond donors (Lipinski definition) is 2. The van der Waals surface area contributed by atoms with Crippen LogP contribution in [0.15, 0.2) is 36.4 Å². The van der Waals surface area contributed by atoms with Crippen molar-refractivity contribution >= 4 is 28.2 Å².